The minimum atomic E-state index is -0.213. The first-order valence-electron chi connectivity index (χ1n) is 9.95. The highest BCUT2D eigenvalue weighted by molar-refractivity contribution is 7.99. The number of aromatic nitrogens is 3. The summed E-state index contributed by atoms with van der Waals surface area (Å²) in [5, 5.41) is 15.0. The first-order valence-corrected chi connectivity index (χ1v) is 11.3. The number of thioether (sulfide) groups is 1. The van der Waals surface area contributed by atoms with Crippen LogP contribution < -0.4 is 15.4 Å². The van der Waals surface area contributed by atoms with Crippen LogP contribution >= 0.6 is 23.4 Å². The molecule has 0 atom stereocenters. The maximum atomic E-state index is 12.4. The number of hydrogen-bond acceptors (Lipinski definition) is 6. The molecule has 0 aliphatic rings. The smallest absolute Gasteiger partial charge is 0.234 e. The molecule has 0 saturated heterocycles. The zero-order valence-electron chi connectivity index (χ0n) is 18.0. The number of amides is 2. The largest absolute Gasteiger partial charge is 0.494 e. The number of carbonyl (C=O) groups excluding carboxylic acids is 2. The number of ether oxygens (including phenoxy) is 1. The van der Waals surface area contributed by atoms with Gasteiger partial charge in [0, 0.05) is 23.4 Å². The van der Waals surface area contributed by atoms with Gasteiger partial charge in [-0.05, 0) is 55.8 Å². The second kappa shape index (κ2) is 11.0. The van der Waals surface area contributed by atoms with Crippen LogP contribution in [0.5, 0.6) is 5.75 Å². The Bertz CT molecular complexity index is 1100. The molecule has 8 nitrogen and oxygen atoms in total. The van der Waals surface area contributed by atoms with Gasteiger partial charge in [0.2, 0.25) is 11.8 Å². The average Bonchev–Trinajstić information content (AvgIpc) is 3.10. The number of hydrogen-bond donors (Lipinski definition) is 2. The third-order valence-corrected chi connectivity index (χ3v) is 5.75. The van der Waals surface area contributed by atoms with Crippen LogP contribution in [0.25, 0.3) is 0 Å². The van der Waals surface area contributed by atoms with Gasteiger partial charge in [-0.15, -0.1) is 10.2 Å². The Labute approximate surface area is 195 Å². The first-order chi connectivity index (χ1) is 15.4. The van der Waals surface area contributed by atoms with Crippen molar-refractivity contribution >= 4 is 46.6 Å². The molecule has 0 aliphatic heterocycles. The van der Waals surface area contributed by atoms with Gasteiger partial charge in [-0.3, -0.25) is 9.59 Å². The first kappa shape index (κ1) is 23.6. The average molecular weight is 474 g/mol. The molecule has 0 saturated carbocycles. The van der Waals surface area contributed by atoms with Gasteiger partial charge in [-0.1, -0.05) is 29.4 Å². The number of halogens is 1. The van der Waals surface area contributed by atoms with Crippen molar-refractivity contribution in [3.05, 3.63) is 58.9 Å². The van der Waals surface area contributed by atoms with Gasteiger partial charge in [0.25, 0.3) is 0 Å². The molecular formula is C22H24ClN5O3S. The summed E-state index contributed by atoms with van der Waals surface area (Å²) in [6.07, 6.45) is 0.0607. The second-order valence-electron chi connectivity index (χ2n) is 6.94. The fraction of sp³-hybridized carbons (Fsp3) is 0.273. The highest BCUT2D eigenvalue weighted by atomic mass is 35.5. The Morgan fingerprint density at radius 1 is 1.09 bits per heavy atom. The standard InChI is InChI=1S/C22H24ClN5O3S/c1-4-31-17-9-7-16(8-10-17)24-20(29)12-19-26-27-22(28(19)3)32-13-21(30)25-18-11-15(23)6-5-14(18)2/h5-11H,4,12-13H2,1-3H3,(H,24,29)(H,25,30). The molecule has 3 aromatic rings. The lowest BCUT2D eigenvalue weighted by Gasteiger charge is -2.09. The lowest BCUT2D eigenvalue weighted by atomic mass is 10.2. The van der Waals surface area contributed by atoms with Crippen LogP contribution in [0.3, 0.4) is 0 Å². The summed E-state index contributed by atoms with van der Waals surface area (Å²) in [4.78, 5) is 24.7. The minimum absolute atomic E-state index is 0.0607. The Morgan fingerprint density at radius 2 is 1.84 bits per heavy atom. The molecule has 3 rings (SSSR count). The van der Waals surface area contributed by atoms with Gasteiger partial charge in [0.1, 0.15) is 11.6 Å². The number of rotatable bonds is 9. The van der Waals surface area contributed by atoms with E-state index in [2.05, 4.69) is 20.8 Å². The van der Waals surface area contributed by atoms with E-state index in [0.29, 0.717) is 34.0 Å². The van der Waals surface area contributed by atoms with Gasteiger partial charge >= 0.3 is 0 Å². The Kier molecular flexibility index (Phi) is 8.13. The molecule has 2 amide bonds. The molecule has 2 N–H and O–H groups in total. The van der Waals surface area contributed by atoms with Gasteiger partial charge < -0.3 is 19.9 Å². The molecule has 1 aromatic heterocycles. The van der Waals surface area contributed by atoms with E-state index in [9.17, 15) is 9.59 Å². The van der Waals surface area contributed by atoms with Gasteiger partial charge in [0.15, 0.2) is 5.16 Å². The van der Waals surface area contributed by atoms with E-state index in [0.717, 1.165) is 11.3 Å². The zero-order chi connectivity index (χ0) is 23.1. The van der Waals surface area contributed by atoms with Gasteiger partial charge in [-0.25, -0.2) is 0 Å². The summed E-state index contributed by atoms with van der Waals surface area (Å²) >= 11 is 7.23. The molecule has 0 radical (unpaired) electrons. The maximum Gasteiger partial charge on any atom is 0.234 e. The van der Waals surface area contributed by atoms with Crippen LogP contribution in [-0.4, -0.2) is 38.9 Å². The summed E-state index contributed by atoms with van der Waals surface area (Å²) in [5.41, 5.74) is 2.27. The highest BCUT2D eigenvalue weighted by Crippen LogP contribution is 2.22. The summed E-state index contributed by atoms with van der Waals surface area (Å²) < 4.78 is 7.10. The van der Waals surface area contributed by atoms with Crippen molar-refractivity contribution in [2.75, 3.05) is 23.0 Å². The number of nitrogens with one attached hydrogen (secondary N) is 2. The van der Waals surface area contributed by atoms with Crippen molar-refractivity contribution in [3.63, 3.8) is 0 Å². The number of nitrogens with zero attached hydrogens (tertiary/aromatic N) is 3. The molecule has 2 aromatic carbocycles. The summed E-state index contributed by atoms with van der Waals surface area (Å²) in [5.74, 6) is 1.00. The molecule has 168 valence electrons. The van der Waals surface area contributed by atoms with Crippen LogP contribution in [0.4, 0.5) is 11.4 Å². The molecule has 0 unspecified atom stereocenters. The topological polar surface area (TPSA) is 98.1 Å². The SMILES string of the molecule is CCOc1ccc(NC(=O)Cc2nnc(SCC(=O)Nc3cc(Cl)ccc3C)n2C)cc1. The van der Waals surface area contributed by atoms with Crippen molar-refractivity contribution in [2.24, 2.45) is 7.05 Å². The van der Waals surface area contributed by atoms with Crippen LogP contribution in [-0.2, 0) is 23.1 Å². The van der Waals surface area contributed by atoms with Crippen LogP contribution in [0.15, 0.2) is 47.6 Å². The fourth-order valence-corrected chi connectivity index (χ4v) is 3.72. The normalized spacial score (nSPS) is 10.6. The Hall–Kier alpha value is -3.04. The molecule has 0 aliphatic carbocycles. The molecule has 0 fully saturated rings. The van der Waals surface area contributed by atoms with Crippen LogP contribution in [0, 0.1) is 6.92 Å². The molecule has 0 spiro atoms. The number of carbonyl (C=O) groups is 2. The van der Waals surface area contributed by atoms with E-state index >= 15 is 0 Å². The zero-order valence-corrected chi connectivity index (χ0v) is 19.6. The third-order valence-electron chi connectivity index (χ3n) is 4.50. The van der Waals surface area contributed by atoms with Gasteiger partial charge in [0.05, 0.1) is 18.8 Å². The van der Waals surface area contributed by atoms with E-state index in [4.69, 9.17) is 16.3 Å². The number of benzene rings is 2. The van der Waals surface area contributed by atoms with Crippen molar-refractivity contribution < 1.29 is 14.3 Å². The number of anilines is 2. The highest BCUT2D eigenvalue weighted by Gasteiger charge is 2.15. The Balaban J connectivity index is 1.52. The van der Waals surface area contributed by atoms with E-state index in [1.165, 1.54) is 11.8 Å². The van der Waals surface area contributed by atoms with Gasteiger partial charge in [-0.2, -0.15) is 0 Å². The minimum Gasteiger partial charge on any atom is -0.494 e. The lowest BCUT2D eigenvalue weighted by molar-refractivity contribution is -0.116. The maximum absolute atomic E-state index is 12.4. The quantitative estimate of drug-likeness (QED) is 0.454. The predicted octanol–water partition coefficient (Wildman–Crippen LogP) is 4.09. The van der Waals surface area contributed by atoms with Crippen molar-refractivity contribution in [1.29, 1.82) is 0 Å². The summed E-state index contributed by atoms with van der Waals surface area (Å²) in [7, 11) is 1.76. The molecule has 10 heteroatoms. The van der Waals surface area contributed by atoms with Crippen molar-refractivity contribution in [1.82, 2.24) is 14.8 Å². The van der Waals surface area contributed by atoms with Crippen molar-refractivity contribution in [2.45, 2.75) is 25.4 Å². The van der Waals surface area contributed by atoms with E-state index in [1.54, 1.807) is 48.0 Å². The van der Waals surface area contributed by atoms with Crippen LogP contribution in [0.1, 0.15) is 18.3 Å². The number of aryl methyl sites for hydroxylation is 1. The Morgan fingerprint density at radius 3 is 2.56 bits per heavy atom. The van der Waals surface area contributed by atoms with Crippen LogP contribution in [0.2, 0.25) is 5.02 Å². The fourth-order valence-electron chi connectivity index (χ4n) is 2.82. The van der Waals surface area contributed by atoms with E-state index in [1.807, 2.05) is 19.9 Å². The predicted molar refractivity (Wildman–Crippen MR) is 126 cm³/mol. The van der Waals surface area contributed by atoms with E-state index < -0.39 is 0 Å². The summed E-state index contributed by atoms with van der Waals surface area (Å²) in [6.45, 7) is 4.39. The summed E-state index contributed by atoms with van der Waals surface area (Å²) in [6, 6.07) is 12.5. The lowest BCUT2D eigenvalue weighted by Crippen LogP contribution is -2.17. The van der Waals surface area contributed by atoms with Crippen molar-refractivity contribution in [3.8, 4) is 5.75 Å². The molecule has 32 heavy (non-hydrogen) atoms. The third kappa shape index (κ3) is 6.48. The monoisotopic (exact) mass is 473 g/mol. The molecule has 1 heterocycles. The van der Waals surface area contributed by atoms with E-state index in [-0.39, 0.29) is 24.0 Å². The molecule has 0 bridgehead atoms. The second-order valence-corrected chi connectivity index (χ2v) is 8.32. The molecular weight excluding hydrogens is 450 g/mol.